The smallest absolute Gasteiger partial charge is 0.136 e. The zero-order valence-electron chi connectivity index (χ0n) is 10.7. The van der Waals surface area contributed by atoms with E-state index in [1.165, 1.54) is 11.3 Å². The van der Waals surface area contributed by atoms with Crippen molar-refractivity contribution in [3.63, 3.8) is 0 Å². The monoisotopic (exact) mass is 270 g/mol. The molecule has 1 aliphatic heterocycles. The number of hydrogen-bond donors (Lipinski definition) is 2. The third-order valence-electron chi connectivity index (χ3n) is 2.87. The van der Waals surface area contributed by atoms with E-state index in [-0.39, 0.29) is 0 Å². The molecular weight excluding hydrogens is 256 g/mol. The van der Waals surface area contributed by atoms with Crippen molar-refractivity contribution in [3.8, 4) is 5.75 Å². The summed E-state index contributed by atoms with van der Waals surface area (Å²) in [4.78, 5) is 0. The molecule has 0 saturated heterocycles. The van der Waals surface area contributed by atoms with Crippen molar-refractivity contribution < 1.29 is 9.94 Å². The summed E-state index contributed by atoms with van der Waals surface area (Å²) >= 11 is 0. The van der Waals surface area contributed by atoms with Crippen molar-refractivity contribution in [2.24, 2.45) is 5.10 Å². The van der Waals surface area contributed by atoms with Gasteiger partial charge in [0, 0.05) is 5.28 Å². The second kappa shape index (κ2) is 5.60. The van der Waals surface area contributed by atoms with Gasteiger partial charge < -0.3 is 4.74 Å². The molecular formula is C14H14N4O2. The molecule has 1 heterocycles. The van der Waals surface area contributed by atoms with Crippen molar-refractivity contribution in [2.75, 3.05) is 5.01 Å². The SMILES string of the molecule is ON1NN=CN1c1ccc(OCc2ccccc2)cc1. The Labute approximate surface area is 116 Å². The quantitative estimate of drug-likeness (QED) is 0.891. The lowest BCUT2D eigenvalue weighted by Gasteiger charge is -2.19. The lowest BCUT2D eigenvalue weighted by molar-refractivity contribution is -0.124. The van der Waals surface area contributed by atoms with Crippen LogP contribution in [0.25, 0.3) is 0 Å². The maximum Gasteiger partial charge on any atom is 0.136 e. The highest BCUT2D eigenvalue weighted by Gasteiger charge is 2.16. The zero-order valence-corrected chi connectivity index (χ0v) is 10.7. The molecule has 102 valence electrons. The van der Waals surface area contributed by atoms with Crippen LogP contribution in [0, 0.1) is 0 Å². The number of hydrazone groups is 1. The number of nitrogens with zero attached hydrogens (tertiary/aromatic N) is 3. The first-order chi connectivity index (χ1) is 9.83. The topological polar surface area (TPSA) is 60.3 Å². The fourth-order valence-electron chi connectivity index (χ4n) is 1.84. The number of ether oxygens (including phenoxy) is 1. The summed E-state index contributed by atoms with van der Waals surface area (Å²) < 4.78 is 5.69. The average Bonchev–Trinajstić information content (AvgIpc) is 2.93. The molecule has 2 N–H and O–H groups in total. The van der Waals surface area contributed by atoms with E-state index >= 15 is 0 Å². The first-order valence-electron chi connectivity index (χ1n) is 6.17. The summed E-state index contributed by atoms with van der Waals surface area (Å²) in [5.74, 6) is 0.770. The van der Waals surface area contributed by atoms with E-state index in [0.717, 1.165) is 22.3 Å². The Kier molecular flexibility index (Phi) is 3.49. The second-order valence-electron chi connectivity index (χ2n) is 4.25. The molecule has 3 rings (SSSR count). The van der Waals surface area contributed by atoms with Gasteiger partial charge in [0.15, 0.2) is 0 Å². The van der Waals surface area contributed by atoms with Gasteiger partial charge in [0.25, 0.3) is 0 Å². The van der Waals surface area contributed by atoms with E-state index in [2.05, 4.69) is 10.6 Å². The van der Waals surface area contributed by atoms with Crippen LogP contribution in [0.3, 0.4) is 0 Å². The lowest BCUT2D eigenvalue weighted by Crippen LogP contribution is -2.40. The highest BCUT2D eigenvalue weighted by Crippen LogP contribution is 2.20. The van der Waals surface area contributed by atoms with Gasteiger partial charge in [0.05, 0.1) is 5.69 Å². The van der Waals surface area contributed by atoms with Crippen molar-refractivity contribution in [1.82, 2.24) is 10.8 Å². The molecule has 20 heavy (non-hydrogen) atoms. The first kappa shape index (κ1) is 12.5. The summed E-state index contributed by atoms with van der Waals surface area (Å²) in [6.07, 6.45) is 1.47. The fourth-order valence-corrected chi connectivity index (χ4v) is 1.84. The molecule has 2 aromatic rings. The summed E-state index contributed by atoms with van der Waals surface area (Å²) in [5.41, 5.74) is 4.27. The van der Waals surface area contributed by atoms with E-state index in [1.54, 1.807) is 0 Å². The van der Waals surface area contributed by atoms with Crippen molar-refractivity contribution in [3.05, 3.63) is 60.2 Å². The Balaban J connectivity index is 1.63. The molecule has 2 aromatic carbocycles. The number of nitrogens with one attached hydrogen (secondary N) is 1. The predicted molar refractivity (Wildman–Crippen MR) is 74.9 cm³/mol. The van der Waals surface area contributed by atoms with Crippen LogP contribution in [0.5, 0.6) is 5.75 Å². The Morgan fingerprint density at radius 1 is 1.05 bits per heavy atom. The van der Waals surface area contributed by atoms with Crippen LogP contribution in [-0.4, -0.2) is 16.8 Å². The number of benzene rings is 2. The Morgan fingerprint density at radius 3 is 2.45 bits per heavy atom. The largest absolute Gasteiger partial charge is 0.489 e. The molecule has 0 unspecified atom stereocenters. The zero-order chi connectivity index (χ0) is 13.8. The van der Waals surface area contributed by atoms with Crippen LogP contribution in [0.1, 0.15) is 5.56 Å². The van der Waals surface area contributed by atoms with Gasteiger partial charge in [0.2, 0.25) is 0 Å². The normalized spacial score (nSPS) is 14.3. The van der Waals surface area contributed by atoms with Crippen LogP contribution in [0.15, 0.2) is 59.7 Å². The minimum absolute atomic E-state index is 0.527. The van der Waals surface area contributed by atoms with Gasteiger partial charge in [0.1, 0.15) is 18.7 Å². The second-order valence-corrected chi connectivity index (χ2v) is 4.25. The van der Waals surface area contributed by atoms with Gasteiger partial charge in [-0.3, -0.25) is 5.21 Å². The number of hydrogen-bond acceptors (Lipinski definition) is 6. The van der Waals surface area contributed by atoms with Gasteiger partial charge in [-0.05, 0) is 29.8 Å². The van der Waals surface area contributed by atoms with Gasteiger partial charge in [-0.2, -0.15) is 5.53 Å². The van der Waals surface area contributed by atoms with Gasteiger partial charge >= 0.3 is 0 Å². The molecule has 0 atom stereocenters. The summed E-state index contributed by atoms with van der Waals surface area (Å²) in [5, 5.41) is 15.4. The van der Waals surface area contributed by atoms with Crippen molar-refractivity contribution in [1.29, 1.82) is 0 Å². The maximum atomic E-state index is 9.46. The predicted octanol–water partition coefficient (Wildman–Crippen LogP) is 2.14. The lowest BCUT2D eigenvalue weighted by atomic mass is 10.2. The molecule has 6 heteroatoms. The van der Waals surface area contributed by atoms with Crippen LogP contribution in [-0.2, 0) is 6.61 Å². The van der Waals surface area contributed by atoms with E-state index < -0.39 is 0 Å². The van der Waals surface area contributed by atoms with Gasteiger partial charge in [-0.1, -0.05) is 30.3 Å². The first-order valence-corrected chi connectivity index (χ1v) is 6.17. The van der Waals surface area contributed by atoms with E-state index in [0.29, 0.717) is 6.61 Å². The minimum atomic E-state index is 0.527. The third kappa shape index (κ3) is 2.71. The van der Waals surface area contributed by atoms with E-state index in [9.17, 15) is 5.21 Å². The number of anilines is 1. The van der Waals surface area contributed by atoms with Crippen LogP contribution in [0.2, 0.25) is 0 Å². The van der Waals surface area contributed by atoms with Crippen LogP contribution < -0.4 is 15.3 Å². The molecule has 0 amide bonds. The molecule has 6 nitrogen and oxygen atoms in total. The molecule has 0 radical (unpaired) electrons. The fraction of sp³-hybridized carbons (Fsp3) is 0.0714. The molecule has 1 aliphatic rings. The van der Waals surface area contributed by atoms with Crippen molar-refractivity contribution in [2.45, 2.75) is 6.61 Å². The molecule has 0 fully saturated rings. The summed E-state index contributed by atoms with van der Waals surface area (Å²) in [6.45, 7) is 0.527. The van der Waals surface area contributed by atoms with Crippen molar-refractivity contribution >= 4 is 12.0 Å². The molecule has 0 aromatic heterocycles. The number of rotatable bonds is 4. The van der Waals surface area contributed by atoms with E-state index in [1.807, 2.05) is 54.6 Å². The van der Waals surface area contributed by atoms with Gasteiger partial charge in [-0.15, -0.1) is 5.10 Å². The van der Waals surface area contributed by atoms with E-state index in [4.69, 9.17) is 4.74 Å². The summed E-state index contributed by atoms with van der Waals surface area (Å²) in [6, 6.07) is 17.3. The Morgan fingerprint density at radius 2 is 1.80 bits per heavy atom. The highest BCUT2D eigenvalue weighted by molar-refractivity contribution is 5.78. The Bertz CT molecular complexity index is 586. The molecule has 0 aliphatic carbocycles. The third-order valence-corrected chi connectivity index (χ3v) is 2.87. The Hall–Kier alpha value is -2.57. The van der Waals surface area contributed by atoms with Crippen LogP contribution in [0.4, 0.5) is 5.69 Å². The molecule has 0 spiro atoms. The molecule has 0 bridgehead atoms. The standard InChI is InChI=1S/C14H14N4O2/c19-18-16-15-11-17(18)13-6-8-14(9-7-13)20-10-12-4-2-1-3-5-12/h1-9,11,16,19H,10H2. The maximum absolute atomic E-state index is 9.46. The average molecular weight is 270 g/mol. The minimum Gasteiger partial charge on any atom is -0.489 e. The molecule has 0 saturated carbocycles. The van der Waals surface area contributed by atoms with Crippen LogP contribution >= 0.6 is 0 Å². The number of hydrazine groups is 2. The highest BCUT2D eigenvalue weighted by atomic mass is 16.6. The van der Waals surface area contributed by atoms with Gasteiger partial charge in [-0.25, -0.2) is 5.01 Å². The summed E-state index contributed by atoms with van der Waals surface area (Å²) in [7, 11) is 0.